The van der Waals surface area contributed by atoms with E-state index in [0.29, 0.717) is 29.1 Å². The second-order valence-electron chi connectivity index (χ2n) is 13.4. The fourth-order valence-corrected chi connectivity index (χ4v) is 9.67. The van der Waals surface area contributed by atoms with Gasteiger partial charge in [-0.15, -0.1) is 0 Å². The summed E-state index contributed by atoms with van der Waals surface area (Å²) >= 11 is 0. The van der Waals surface area contributed by atoms with Crippen LogP contribution in [0.25, 0.3) is 22.8 Å². The third-order valence-electron chi connectivity index (χ3n) is 11.7. The molecule has 0 unspecified atom stereocenters. The van der Waals surface area contributed by atoms with E-state index in [4.69, 9.17) is 4.98 Å². The van der Waals surface area contributed by atoms with Gasteiger partial charge in [-0.05, 0) is 104 Å². The minimum Gasteiger partial charge on any atom is -0.393 e. The number of hydrogen-bond donors (Lipinski definition) is 1. The third kappa shape index (κ3) is 3.43. The predicted molar refractivity (Wildman–Crippen MR) is 150 cm³/mol. The van der Waals surface area contributed by atoms with E-state index in [-0.39, 0.29) is 22.5 Å². The van der Waals surface area contributed by atoms with E-state index in [2.05, 4.69) is 36.4 Å². The lowest BCUT2D eigenvalue weighted by molar-refractivity contribution is -0.111. The number of pyridine rings is 1. The van der Waals surface area contributed by atoms with Gasteiger partial charge in [-0.1, -0.05) is 51.1 Å². The summed E-state index contributed by atoms with van der Waals surface area (Å²) in [5, 5.41) is 10.9. The second-order valence-corrected chi connectivity index (χ2v) is 13.4. The Bertz CT molecular complexity index is 1400. The Morgan fingerprint density at radius 3 is 2.58 bits per heavy atom. The molecular weight excluding hydrogens is 470 g/mol. The number of hydrogen-bond acceptors (Lipinski definition) is 4. The molecule has 2 aliphatic heterocycles. The van der Waals surface area contributed by atoms with Crippen LogP contribution >= 0.6 is 0 Å². The molecule has 5 nitrogen and oxygen atoms in total. The summed E-state index contributed by atoms with van der Waals surface area (Å²) in [4.78, 5) is 22.8. The summed E-state index contributed by atoms with van der Waals surface area (Å²) in [6.45, 7) is 8.02. The first-order valence-electron chi connectivity index (χ1n) is 15.0. The Morgan fingerprint density at radius 1 is 1.00 bits per heavy atom. The molecular formula is C33H41N3O2. The van der Waals surface area contributed by atoms with Crippen molar-refractivity contribution < 1.29 is 5.11 Å². The normalized spacial score (nSPS) is 35.8. The van der Waals surface area contributed by atoms with Crippen LogP contribution < -0.4 is 5.56 Å². The number of rotatable bonds is 3. The molecule has 0 radical (unpaired) electrons. The Hall–Kier alpha value is -2.53. The Labute approximate surface area is 226 Å². The largest absolute Gasteiger partial charge is 0.393 e. The number of fused-ring (bicyclic) bond motifs is 7. The van der Waals surface area contributed by atoms with Gasteiger partial charge in [0.1, 0.15) is 5.82 Å². The van der Waals surface area contributed by atoms with Gasteiger partial charge in [0.15, 0.2) is 5.82 Å². The number of aliphatic hydroxyl groups excluding tert-OH is 1. The summed E-state index contributed by atoms with van der Waals surface area (Å²) < 4.78 is 2.37. The van der Waals surface area contributed by atoms with Gasteiger partial charge in [0.05, 0.1) is 11.7 Å². The molecule has 5 heteroatoms. The van der Waals surface area contributed by atoms with Crippen LogP contribution in [-0.4, -0.2) is 25.7 Å². The number of aliphatic hydroxyl groups is 1. The highest BCUT2D eigenvalue weighted by Crippen LogP contribution is 2.65. The molecule has 3 saturated carbocycles. The lowest BCUT2D eigenvalue weighted by atomic mass is 9.45. The highest BCUT2D eigenvalue weighted by molar-refractivity contribution is 5.64. The molecule has 200 valence electrons. The molecule has 0 bridgehead atoms. The quantitative estimate of drug-likeness (QED) is 0.459. The minimum atomic E-state index is -0.163. The first-order valence-corrected chi connectivity index (χ1v) is 15.0. The van der Waals surface area contributed by atoms with Gasteiger partial charge in [-0.25, -0.2) is 4.98 Å². The fraction of sp³-hybridized carbons (Fsp3) is 0.606. The predicted octanol–water partition coefficient (Wildman–Crippen LogP) is 6.14. The molecule has 3 fully saturated rings. The molecule has 0 aromatic heterocycles. The molecule has 1 aromatic rings. The van der Waals surface area contributed by atoms with Gasteiger partial charge < -0.3 is 9.67 Å². The fourth-order valence-electron chi connectivity index (χ4n) is 9.67. The lowest BCUT2D eigenvalue weighted by Crippen LogP contribution is -2.55. The lowest BCUT2D eigenvalue weighted by Gasteiger charge is -2.60. The van der Waals surface area contributed by atoms with Gasteiger partial charge in [0.25, 0.3) is 5.56 Å². The highest BCUT2D eigenvalue weighted by atomic mass is 16.3. The van der Waals surface area contributed by atoms with Gasteiger partial charge in [-0.3, -0.25) is 4.79 Å². The van der Waals surface area contributed by atoms with Crippen molar-refractivity contribution in [2.75, 3.05) is 0 Å². The molecule has 4 aliphatic carbocycles. The van der Waals surface area contributed by atoms with E-state index in [0.717, 1.165) is 56.0 Å². The van der Waals surface area contributed by atoms with Gasteiger partial charge in [0, 0.05) is 17.8 Å². The summed E-state index contributed by atoms with van der Waals surface area (Å²) in [6, 6.07) is 12.0. The molecule has 0 amide bonds. The molecule has 7 rings (SSSR count). The molecule has 1 aromatic carbocycles. The molecule has 0 spiro atoms. The van der Waals surface area contributed by atoms with Crippen molar-refractivity contribution in [1.82, 2.24) is 14.5 Å². The molecule has 7 atom stereocenters. The van der Waals surface area contributed by atoms with Crippen LogP contribution in [0, 0.1) is 34.5 Å². The monoisotopic (exact) mass is 511 g/mol. The average Bonchev–Trinajstić information content (AvgIpc) is 3.22. The van der Waals surface area contributed by atoms with E-state index in [9.17, 15) is 9.90 Å². The molecule has 0 saturated heterocycles. The van der Waals surface area contributed by atoms with Crippen molar-refractivity contribution >= 4 is 0 Å². The smallest absolute Gasteiger partial charge is 0.282 e. The van der Waals surface area contributed by atoms with Crippen LogP contribution in [0.15, 0.2) is 41.2 Å². The Balaban J connectivity index is 1.32. The minimum absolute atomic E-state index is 0.114. The Morgan fingerprint density at radius 2 is 1.79 bits per heavy atom. The van der Waals surface area contributed by atoms with Crippen molar-refractivity contribution in [2.24, 2.45) is 34.5 Å². The van der Waals surface area contributed by atoms with E-state index >= 15 is 0 Å². The zero-order valence-corrected chi connectivity index (χ0v) is 23.1. The van der Waals surface area contributed by atoms with Crippen LogP contribution in [0.5, 0.6) is 0 Å². The third-order valence-corrected chi connectivity index (χ3v) is 11.7. The van der Waals surface area contributed by atoms with Crippen molar-refractivity contribution in [3.05, 3.63) is 58.0 Å². The van der Waals surface area contributed by atoms with Crippen LogP contribution in [0.4, 0.5) is 0 Å². The number of aromatic nitrogens is 3. The van der Waals surface area contributed by atoms with Crippen LogP contribution in [0.1, 0.15) is 77.0 Å². The first kappa shape index (κ1) is 24.5. The van der Waals surface area contributed by atoms with Crippen molar-refractivity contribution in [2.45, 2.75) is 91.2 Å². The van der Waals surface area contributed by atoms with Crippen LogP contribution in [0.2, 0.25) is 0 Å². The Kier molecular flexibility index (Phi) is 5.64. The maximum absolute atomic E-state index is 13.4. The number of nitrogens with zero attached hydrogens (tertiary/aromatic N) is 3. The maximum atomic E-state index is 13.4. The second kappa shape index (κ2) is 8.74. The van der Waals surface area contributed by atoms with Crippen LogP contribution in [-0.2, 0) is 19.4 Å². The summed E-state index contributed by atoms with van der Waals surface area (Å²) in [5.41, 5.74) is 4.50. The maximum Gasteiger partial charge on any atom is 0.282 e. The summed E-state index contributed by atoms with van der Waals surface area (Å²) in [6.07, 6.45) is 10.1. The average molecular weight is 512 g/mol. The van der Waals surface area contributed by atoms with E-state index in [1.54, 1.807) is 0 Å². The SMILES string of the molecule is CCCn1c2nc(-c3ccccc3)nc(=O)c-2cc2c1C[C@@H]1CC[C@@H]3[C@H](CC[C@]4(C)[C@@H](O)CC[C@@H]34)[C@@]1(C)C2. The zero-order chi connectivity index (χ0) is 26.2. The first-order chi connectivity index (χ1) is 18.3. The standard InChI is InChI=1S/C33H41N3O2/c1-4-16-36-27-18-22-10-11-23-25-12-13-28(37)32(25,2)15-14-26(23)33(22,3)19-21(27)17-24-30(36)34-29(35-31(24)38)20-8-6-5-7-9-20/h5-9,17,22-23,25-26,28,37H,4,10-16,18-19H2,1-3H3/t22-,23-,25-,26-,28-,32-,33-/m0/s1. The summed E-state index contributed by atoms with van der Waals surface area (Å²) in [7, 11) is 0. The van der Waals surface area contributed by atoms with E-state index in [1.807, 2.05) is 30.3 Å². The van der Waals surface area contributed by atoms with Crippen molar-refractivity contribution in [3.8, 4) is 22.8 Å². The molecule has 1 N–H and O–H groups in total. The number of benzene rings is 1. The zero-order valence-electron chi connectivity index (χ0n) is 23.1. The topological polar surface area (TPSA) is 68.0 Å². The van der Waals surface area contributed by atoms with Crippen molar-refractivity contribution in [1.29, 1.82) is 0 Å². The molecule has 2 heterocycles. The summed E-state index contributed by atoms with van der Waals surface area (Å²) in [5.74, 6) is 4.08. The highest BCUT2D eigenvalue weighted by Gasteiger charge is 2.60. The van der Waals surface area contributed by atoms with Gasteiger partial charge in [-0.2, -0.15) is 4.98 Å². The van der Waals surface area contributed by atoms with Gasteiger partial charge in [0.2, 0.25) is 0 Å². The van der Waals surface area contributed by atoms with Gasteiger partial charge >= 0.3 is 0 Å². The van der Waals surface area contributed by atoms with Crippen LogP contribution in [0.3, 0.4) is 0 Å². The van der Waals surface area contributed by atoms with E-state index in [1.165, 1.54) is 36.9 Å². The molecule has 6 aliphatic rings. The van der Waals surface area contributed by atoms with E-state index < -0.39 is 0 Å². The van der Waals surface area contributed by atoms with Crippen molar-refractivity contribution in [3.63, 3.8) is 0 Å². The molecule has 38 heavy (non-hydrogen) atoms.